The third kappa shape index (κ3) is 8.02. The van der Waals surface area contributed by atoms with Crippen LogP contribution < -0.4 is 16.8 Å². The van der Waals surface area contributed by atoms with Crippen LogP contribution in [0, 0.1) is 0 Å². The van der Waals surface area contributed by atoms with Crippen LogP contribution in [0.5, 0.6) is 0 Å². The minimum atomic E-state index is -0.994. The highest BCUT2D eigenvalue weighted by atomic mass is 32.1. The predicted molar refractivity (Wildman–Crippen MR) is 142 cm³/mol. The van der Waals surface area contributed by atoms with Crippen molar-refractivity contribution in [2.24, 2.45) is 11.5 Å². The quantitative estimate of drug-likeness (QED) is 0.181. The van der Waals surface area contributed by atoms with E-state index >= 15 is 0 Å². The Kier molecular flexibility index (Phi) is 10.2. The molecule has 1 aliphatic heterocycles. The average molecular weight is 543 g/mol. The van der Waals surface area contributed by atoms with Crippen LogP contribution in [0.15, 0.2) is 64.1 Å². The first-order valence-corrected chi connectivity index (χ1v) is 12.6. The standard InChI is InChI=1S/C12H12N2O2.C7H9NO3.C7H9NO2S/c15-12(16)10-5-8-7-3-1-2-4-9(7)14-11(8)6-13-10;2*8-6(7(9)10)3-5-1-2-11-4-5/h1-4,10,13-14H,5-6H2,(H,15,16);2*1-2,4,6H,3,8H2,(H,9,10)/t10-;2*6-/m000/s1. The normalized spacial score (nSPS) is 15.7. The lowest BCUT2D eigenvalue weighted by Crippen LogP contribution is -2.41. The zero-order chi connectivity index (χ0) is 27.7. The molecule has 4 heterocycles. The SMILES string of the molecule is N[C@@H](Cc1ccoc1)C(=O)O.N[C@@H](Cc1ccsc1)C(=O)O.O=C(O)[C@@H]1Cc2c([nH]c3ccccc23)CN1. The van der Waals surface area contributed by atoms with Gasteiger partial charge >= 0.3 is 17.9 Å². The van der Waals surface area contributed by atoms with Crippen molar-refractivity contribution in [2.45, 2.75) is 43.9 Å². The Labute approximate surface area is 222 Å². The molecule has 0 bridgehead atoms. The third-order valence-corrected chi connectivity index (χ3v) is 6.57. The van der Waals surface area contributed by atoms with Gasteiger partial charge in [-0.15, -0.1) is 0 Å². The van der Waals surface area contributed by atoms with Crippen molar-refractivity contribution in [3.05, 3.63) is 82.1 Å². The molecule has 0 saturated heterocycles. The Morgan fingerprint density at radius 2 is 1.68 bits per heavy atom. The molecule has 9 N–H and O–H groups in total. The van der Waals surface area contributed by atoms with E-state index in [1.807, 2.05) is 41.1 Å². The Morgan fingerprint density at radius 1 is 1.00 bits per heavy atom. The number of benzene rings is 1. The number of fused-ring (bicyclic) bond motifs is 3. The molecule has 0 radical (unpaired) electrons. The molecular weight excluding hydrogens is 512 g/mol. The fourth-order valence-corrected chi connectivity index (χ4v) is 4.50. The number of nitrogens with two attached hydrogens (primary N) is 2. The predicted octanol–water partition coefficient (Wildman–Crippen LogP) is 2.20. The van der Waals surface area contributed by atoms with Gasteiger partial charge in [-0.25, -0.2) is 0 Å². The number of carbonyl (C=O) groups is 3. The van der Waals surface area contributed by atoms with Crippen LogP contribution in [0.4, 0.5) is 0 Å². The molecule has 12 heteroatoms. The Morgan fingerprint density at radius 3 is 2.26 bits per heavy atom. The van der Waals surface area contributed by atoms with E-state index < -0.39 is 36.0 Å². The van der Waals surface area contributed by atoms with Gasteiger partial charge in [0.2, 0.25) is 0 Å². The van der Waals surface area contributed by atoms with E-state index in [0.717, 1.165) is 33.3 Å². The second kappa shape index (κ2) is 13.5. The summed E-state index contributed by atoms with van der Waals surface area (Å²) in [6.45, 7) is 0.598. The molecule has 1 aromatic carbocycles. The fourth-order valence-electron chi connectivity index (χ4n) is 3.82. The lowest BCUT2D eigenvalue weighted by Gasteiger charge is -2.20. The lowest BCUT2D eigenvalue weighted by molar-refractivity contribution is -0.140. The second-order valence-electron chi connectivity index (χ2n) is 8.66. The number of aliphatic carboxylic acids is 3. The van der Waals surface area contributed by atoms with E-state index in [9.17, 15) is 14.4 Å². The van der Waals surface area contributed by atoms with Crippen LogP contribution in [0.3, 0.4) is 0 Å². The largest absolute Gasteiger partial charge is 0.480 e. The van der Waals surface area contributed by atoms with E-state index in [1.54, 1.807) is 17.4 Å². The Balaban J connectivity index is 0.000000163. The summed E-state index contributed by atoms with van der Waals surface area (Å²) >= 11 is 1.54. The van der Waals surface area contributed by atoms with Crippen LogP contribution in [0.1, 0.15) is 22.4 Å². The van der Waals surface area contributed by atoms with Gasteiger partial charge in [0.15, 0.2) is 0 Å². The van der Waals surface area contributed by atoms with Gasteiger partial charge in [-0.05, 0) is 52.1 Å². The van der Waals surface area contributed by atoms with Gasteiger partial charge in [-0.1, -0.05) is 18.2 Å². The summed E-state index contributed by atoms with van der Waals surface area (Å²) in [4.78, 5) is 34.8. The number of H-pyrrole nitrogens is 1. The molecule has 3 aromatic heterocycles. The van der Waals surface area contributed by atoms with Gasteiger partial charge < -0.3 is 36.2 Å². The molecule has 0 fully saturated rings. The molecule has 0 aliphatic carbocycles. The highest BCUT2D eigenvalue weighted by Crippen LogP contribution is 2.26. The van der Waals surface area contributed by atoms with E-state index in [1.165, 1.54) is 12.5 Å². The van der Waals surface area contributed by atoms with Gasteiger partial charge in [0.25, 0.3) is 0 Å². The minimum absolute atomic E-state index is 0.311. The van der Waals surface area contributed by atoms with E-state index in [-0.39, 0.29) is 0 Å². The molecule has 11 nitrogen and oxygen atoms in total. The lowest BCUT2D eigenvalue weighted by atomic mass is 9.99. The van der Waals surface area contributed by atoms with Crippen molar-refractivity contribution in [3.8, 4) is 0 Å². The van der Waals surface area contributed by atoms with Crippen molar-refractivity contribution in [2.75, 3.05) is 0 Å². The Bertz CT molecular complexity index is 1280. The molecule has 3 atom stereocenters. The first kappa shape index (κ1) is 28.6. The Hall–Kier alpha value is -3.97. The first-order chi connectivity index (χ1) is 18.2. The zero-order valence-corrected chi connectivity index (χ0v) is 21.2. The molecule has 5 rings (SSSR count). The van der Waals surface area contributed by atoms with Crippen molar-refractivity contribution in [1.82, 2.24) is 10.3 Å². The van der Waals surface area contributed by atoms with E-state index in [4.69, 9.17) is 31.2 Å². The van der Waals surface area contributed by atoms with Crippen molar-refractivity contribution >= 4 is 40.1 Å². The molecule has 0 unspecified atom stereocenters. The number of rotatable bonds is 7. The highest BCUT2D eigenvalue weighted by molar-refractivity contribution is 7.07. The number of thiophene rings is 1. The van der Waals surface area contributed by atoms with Gasteiger partial charge in [0, 0.05) is 36.0 Å². The summed E-state index contributed by atoms with van der Waals surface area (Å²) < 4.78 is 4.75. The van der Waals surface area contributed by atoms with Gasteiger partial charge in [0.1, 0.15) is 18.1 Å². The summed E-state index contributed by atoms with van der Waals surface area (Å²) in [6, 6.07) is 9.51. The smallest absolute Gasteiger partial charge is 0.321 e. The summed E-state index contributed by atoms with van der Waals surface area (Å²) in [5.41, 5.74) is 15.7. The van der Waals surface area contributed by atoms with Gasteiger partial charge in [-0.3, -0.25) is 19.7 Å². The molecule has 0 spiro atoms. The average Bonchev–Trinajstić information content (AvgIpc) is 3.66. The van der Waals surface area contributed by atoms with Crippen LogP contribution >= 0.6 is 11.3 Å². The fraction of sp³-hybridized carbons (Fsp3) is 0.269. The number of aromatic nitrogens is 1. The van der Waals surface area contributed by atoms with Gasteiger partial charge in [-0.2, -0.15) is 11.3 Å². The molecule has 4 aromatic rings. The first-order valence-electron chi connectivity index (χ1n) is 11.7. The maximum atomic E-state index is 10.9. The second-order valence-corrected chi connectivity index (χ2v) is 9.44. The summed E-state index contributed by atoms with van der Waals surface area (Å²) in [5, 5.41) is 33.8. The zero-order valence-electron chi connectivity index (χ0n) is 20.4. The molecular formula is C26H30N4O7S. The molecule has 38 heavy (non-hydrogen) atoms. The maximum absolute atomic E-state index is 10.9. The minimum Gasteiger partial charge on any atom is -0.480 e. The maximum Gasteiger partial charge on any atom is 0.321 e. The summed E-state index contributed by atoms with van der Waals surface area (Å²) in [7, 11) is 0. The van der Waals surface area contributed by atoms with E-state index in [0.29, 0.717) is 25.8 Å². The number of hydrogen-bond donors (Lipinski definition) is 7. The topological polar surface area (TPSA) is 205 Å². The monoisotopic (exact) mass is 542 g/mol. The number of aromatic amines is 1. The van der Waals surface area contributed by atoms with Crippen molar-refractivity contribution in [1.29, 1.82) is 0 Å². The molecule has 0 saturated carbocycles. The van der Waals surface area contributed by atoms with Gasteiger partial charge in [0.05, 0.1) is 12.5 Å². The number of carboxylic acids is 3. The summed E-state index contributed by atoms with van der Waals surface area (Å²) in [6.07, 6.45) is 4.26. The van der Waals surface area contributed by atoms with Crippen LogP contribution in [0.2, 0.25) is 0 Å². The number of para-hydroxylation sites is 1. The van der Waals surface area contributed by atoms with Crippen molar-refractivity contribution in [3.63, 3.8) is 0 Å². The molecule has 1 aliphatic rings. The van der Waals surface area contributed by atoms with Crippen LogP contribution in [-0.4, -0.2) is 56.3 Å². The number of carboxylic acid groups (broad SMARTS) is 3. The molecule has 202 valence electrons. The van der Waals surface area contributed by atoms with Crippen LogP contribution in [-0.2, 0) is 40.2 Å². The number of nitrogens with one attached hydrogen (secondary N) is 2. The third-order valence-electron chi connectivity index (χ3n) is 5.84. The van der Waals surface area contributed by atoms with Crippen molar-refractivity contribution < 1.29 is 34.1 Å². The summed E-state index contributed by atoms with van der Waals surface area (Å²) in [5.74, 6) is -2.72. The highest BCUT2D eigenvalue weighted by Gasteiger charge is 2.26. The molecule has 0 amide bonds. The van der Waals surface area contributed by atoms with E-state index in [2.05, 4.69) is 10.3 Å². The number of hydrogen-bond acceptors (Lipinski definition) is 8. The van der Waals surface area contributed by atoms with Crippen LogP contribution in [0.25, 0.3) is 10.9 Å². The number of furan rings is 1.